The molecule has 0 spiro atoms. The van der Waals surface area contributed by atoms with Crippen molar-refractivity contribution in [1.82, 2.24) is 0 Å². The number of amides is 1. The van der Waals surface area contributed by atoms with E-state index in [-0.39, 0.29) is 17.9 Å². The standard InChI is InChI=1S/C14H17NO2/c1-9-7-14(9,8-16)11-3-4-12-10(5-11)6-13(17)15(12)2/h3-5,9,16H,6-8H2,1-2H3. The van der Waals surface area contributed by atoms with Gasteiger partial charge in [0.1, 0.15) is 0 Å². The van der Waals surface area contributed by atoms with Crippen molar-refractivity contribution in [3.05, 3.63) is 29.3 Å². The Morgan fingerprint density at radius 3 is 2.82 bits per heavy atom. The number of benzene rings is 1. The van der Waals surface area contributed by atoms with Crippen molar-refractivity contribution in [2.24, 2.45) is 5.92 Å². The molecular formula is C14H17NO2. The molecule has 1 aliphatic heterocycles. The highest BCUT2D eigenvalue weighted by molar-refractivity contribution is 6.00. The van der Waals surface area contributed by atoms with Gasteiger partial charge >= 0.3 is 0 Å². The second-order valence-corrected chi connectivity index (χ2v) is 5.39. The Balaban J connectivity index is 2.01. The molecule has 1 aromatic rings. The van der Waals surface area contributed by atoms with E-state index in [2.05, 4.69) is 19.1 Å². The molecule has 3 rings (SSSR count). The van der Waals surface area contributed by atoms with Crippen LogP contribution in [0.15, 0.2) is 18.2 Å². The monoisotopic (exact) mass is 231 g/mol. The molecule has 1 amide bonds. The highest BCUT2D eigenvalue weighted by Gasteiger charge is 2.52. The van der Waals surface area contributed by atoms with Gasteiger partial charge in [0.25, 0.3) is 0 Å². The number of anilines is 1. The predicted octanol–water partition coefficient (Wildman–Crippen LogP) is 1.48. The van der Waals surface area contributed by atoms with Crippen LogP contribution in [0, 0.1) is 5.92 Å². The highest BCUT2D eigenvalue weighted by atomic mass is 16.3. The van der Waals surface area contributed by atoms with Crippen molar-refractivity contribution in [2.75, 3.05) is 18.6 Å². The predicted molar refractivity (Wildman–Crippen MR) is 66.1 cm³/mol. The molecule has 2 aliphatic rings. The van der Waals surface area contributed by atoms with E-state index in [1.165, 1.54) is 5.56 Å². The van der Waals surface area contributed by atoms with Crippen molar-refractivity contribution in [3.63, 3.8) is 0 Å². The zero-order valence-electron chi connectivity index (χ0n) is 10.2. The fraction of sp³-hybridized carbons (Fsp3) is 0.500. The fourth-order valence-corrected chi connectivity index (χ4v) is 2.98. The van der Waals surface area contributed by atoms with Gasteiger partial charge in [0.2, 0.25) is 5.91 Å². The van der Waals surface area contributed by atoms with Gasteiger partial charge in [-0.15, -0.1) is 0 Å². The van der Waals surface area contributed by atoms with Crippen LogP contribution in [0.3, 0.4) is 0 Å². The number of aliphatic hydroxyl groups excluding tert-OH is 1. The van der Waals surface area contributed by atoms with Crippen molar-refractivity contribution in [1.29, 1.82) is 0 Å². The van der Waals surface area contributed by atoms with Gasteiger partial charge in [-0.25, -0.2) is 0 Å². The molecule has 90 valence electrons. The SMILES string of the molecule is CC1CC1(CO)c1ccc2c(c1)CC(=O)N2C. The number of nitrogens with zero attached hydrogens (tertiary/aromatic N) is 1. The van der Waals surface area contributed by atoms with Crippen LogP contribution in [-0.4, -0.2) is 24.7 Å². The highest BCUT2D eigenvalue weighted by Crippen LogP contribution is 2.54. The third-order valence-electron chi connectivity index (χ3n) is 4.47. The summed E-state index contributed by atoms with van der Waals surface area (Å²) in [5, 5.41) is 9.56. The van der Waals surface area contributed by atoms with Crippen LogP contribution < -0.4 is 4.90 Å². The van der Waals surface area contributed by atoms with Crippen molar-refractivity contribution in [2.45, 2.75) is 25.2 Å². The topological polar surface area (TPSA) is 40.5 Å². The van der Waals surface area contributed by atoms with Crippen LogP contribution in [-0.2, 0) is 16.6 Å². The van der Waals surface area contributed by atoms with Crippen molar-refractivity contribution >= 4 is 11.6 Å². The summed E-state index contributed by atoms with van der Waals surface area (Å²) in [6, 6.07) is 6.18. The van der Waals surface area contributed by atoms with E-state index in [1.807, 2.05) is 13.1 Å². The maximum absolute atomic E-state index is 11.6. The largest absolute Gasteiger partial charge is 0.395 e. The average molecular weight is 231 g/mol. The van der Waals surface area contributed by atoms with Crippen LogP contribution in [0.4, 0.5) is 5.69 Å². The Kier molecular flexibility index (Phi) is 2.11. The molecule has 2 unspecified atom stereocenters. The first-order valence-corrected chi connectivity index (χ1v) is 6.09. The maximum Gasteiger partial charge on any atom is 0.231 e. The molecule has 1 N–H and O–H groups in total. The fourth-order valence-electron chi connectivity index (χ4n) is 2.98. The average Bonchev–Trinajstić information content (AvgIpc) is 2.91. The Morgan fingerprint density at radius 2 is 2.24 bits per heavy atom. The van der Waals surface area contributed by atoms with E-state index in [4.69, 9.17) is 0 Å². The van der Waals surface area contributed by atoms with Gasteiger partial charge in [-0.1, -0.05) is 19.1 Å². The van der Waals surface area contributed by atoms with E-state index >= 15 is 0 Å². The molecule has 17 heavy (non-hydrogen) atoms. The van der Waals surface area contributed by atoms with E-state index in [9.17, 15) is 9.90 Å². The summed E-state index contributed by atoms with van der Waals surface area (Å²) in [5.41, 5.74) is 3.26. The minimum absolute atomic E-state index is 0.0424. The minimum Gasteiger partial charge on any atom is -0.395 e. The second-order valence-electron chi connectivity index (χ2n) is 5.39. The van der Waals surface area contributed by atoms with Gasteiger partial charge in [0.05, 0.1) is 13.0 Å². The van der Waals surface area contributed by atoms with Gasteiger partial charge in [0.15, 0.2) is 0 Å². The number of hydrogen-bond acceptors (Lipinski definition) is 2. The molecule has 3 nitrogen and oxygen atoms in total. The second kappa shape index (κ2) is 3.33. The Bertz CT molecular complexity index is 493. The van der Waals surface area contributed by atoms with Crippen LogP contribution in [0.1, 0.15) is 24.5 Å². The summed E-state index contributed by atoms with van der Waals surface area (Å²) in [5.74, 6) is 0.694. The van der Waals surface area contributed by atoms with Crippen molar-refractivity contribution < 1.29 is 9.90 Å². The molecule has 0 aromatic heterocycles. The van der Waals surface area contributed by atoms with Crippen LogP contribution in [0.5, 0.6) is 0 Å². The van der Waals surface area contributed by atoms with Crippen LogP contribution in [0.25, 0.3) is 0 Å². The summed E-state index contributed by atoms with van der Waals surface area (Å²) >= 11 is 0. The quantitative estimate of drug-likeness (QED) is 0.837. The first-order valence-electron chi connectivity index (χ1n) is 6.09. The molecule has 2 atom stereocenters. The normalized spacial score (nSPS) is 30.6. The number of hydrogen-bond donors (Lipinski definition) is 1. The molecule has 1 aromatic carbocycles. The Hall–Kier alpha value is -1.35. The third kappa shape index (κ3) is 1.35. The van der Waals surface area contributed by atoms with E-state index in [0.29, 0.717) is 12.3 Å². The molecule has 1 heterocycles. The van der Waals surface area contributed by atoms with Gasteiger partial charge in [-0.3, -0.25) is 4.79 Å². The summed E-state index contributed by atoms with van der Waals surface area (Å²) in [6.07, 6.45) is 1.54. The van der Waals surface area contributed by atoms with E-state index in [0.717, 1.165) is 17.7 Å². The van der Waals surface area contributed by atoms with Gasteiger partial charge < -0.3 is 10.0 Å². The van der Waals surface area contributed by atoms with Gasteiger partial charge in [-0.2, -0.15) is 0 Å². The number of rotatable bonds is 2. The van der Waals surface area contributed by atoms with Crippen LogP contribution >= 0.6 is 0 Å². The summed E-state index contributed by atoms with van der Waals surface area (Å²) < 4.78 is 0. The molecule has 3 heteroatoms. The summed E-state index contributed by atoms with van der Waals surface area (Å²) in [7, 11) is 1.81. The lowest BCUT2D eigenvalue weighted by atomic mass is 9.92. The molecule has 1 aliphatic carbocycles. The Labute approximate surface area is 101 Å². The number of carbonyl (C=O) groups excluding carboxylic acids is 1. The molecule has 0 saturated heterocycles. The lowest BCUT2D eigenvalue weighted by Crippen LogP contribution is -2.20. The molecule has 1 saturated carbocycles. The summed E-state index contributed by atoms with van der Waals surface area (Å²) in [6.45, 7) is 2.37. The maximum atomic E-state index is 11.6. The zero-order chi connectivity index (χ0) is 12.2. The number of likely N-dealkylation sites (N-methyl/N-ethyl adjacent to an activating group) is 1. The Morgan fingerprint density at radius 1 is 1.53 bits per heavy atom. The lowest BCUT2D eigenvalue weighted by molar-refractivity contribution is -0.117. The zero-order valence-corrected chi connectivity index (χ0v) is 10.2. The number of fused-ring (bicyclic) bond motifs is 1. The van der Waals surface area contributed by atoms with Gasteiger partial charge in [-0.05, 0) is 29.5 Å². The molecule has 0 bridgehead atoms. The number of carbonyl (C=O) groups is 1. The molecular weight excluding hydrogens is 214 g/mol. The van der Waals surface area contributed by atoms with E-state index in [1.54, 1.807) is 4.90 Å². The molecule has 1 fully saturated rings. The van der Waals surface area contributed by atoms with Crippen LogP contribution in [0.2, 0.25) is 0 Å². The summed E-state index contributed by atoms with van der Waals surface area (Å²) in [4.78, 5) is 13.3. The third-order valence-corrected chi connectivity index (χ3v) is 4.47. The smallest absolute Gasteiger partial charge is 0.231 e. The number of aliphatic hydroxyl groups is 1. The first-order chi connectivity index (χ1) is 8.08. The molecule has 0 radical (unpaired) electrons. The minimum atomic E-state index is -0.0424. The van der Waals surface area contributed by atoms with Crippen molar-refractivity contribution in [3.8, 4) is 0 Å². The first kappa shape index (κ1) is 10.8. The lowest BCUT2D eigenvalue weighted by Gasteiger charge is -2.16. The van der Waals surface area contributed by atoms with E-state index < -0.39 is 0 Å². The van der Waals surface area contributed by atoms with Gasteiger partial charge in [0, 0.05) is 18.2 Å².